The van der Waals surface area contributed by atoms with E-state index >= 15 is 0 Å². The van der Waals surface area contributed by atoms with Crippen molar-refractivity contribution >= 4 is 61.7 Å². The first-order valence-electron chi connectivity index (χ1n) is 22.6. The van der Waals surface area contributed by atoms with Gasteiger partial charge in [-0.2, -0.15) is 0 Å². The van der Waals surface area contributed by atoms with Crippen LogP contribution in [0.1, 0.15) is 81.5 Å². The Morgan fingerprint density at radius 1 is 0.538 bits per heavy atom. The molecule has 5 heterocycles. The molecule has 366 valence electrons. The lowest BCUT2D eigenvalue weighted by Gasteiger charge is -2.31. The van der Waals surface area contributed by atoms with Crippen LogP contribution in [0.25, 0.3) is 0 Å². The van der Waals surface area contributed by atoms with Crippen molar-refractivity contribution in [1.29, 1.82) is 0 Å². The maximum atomic E-state index is 12.3. The molecule has 22 heteroatoms. The molecule has 0 spiro atoms. The molecule has 2 aromatic rings. The highest BCUT2D eigenvalue weighted by atomic mass is 79.9. The number of nitrogens with zero attached hydrogens (tertiary/aromatic N) is 4. The summed E-state index contributed by atoms with van der Waals surface area (Å²) in [6, 6.07) is 13.9. The fourth-order valence-corrected chi connectivity index (χ4v) is 14.2. The zero-order valence-electron chi connectivity index (χ0n) is 38.4. The van der Waals surface area contributed by atoms with E-state index in [-0.39, 0.29) is 23.6 Å². The first-order valence-corrected chi connectivity index (χ1v) is 29.7. The number of carbonyl (C=O) groups is 4. The highest BCUT2D eigenvalue weighted by Crippen LogP contribution is 2.49. The SMILES string of the molecule is CCOP1(=O)CCN(CCCN)CC1.CCOP1(=O)CCN(CCCN2C(=O)c3ccccc3C2=O)CC1.CCOP1(=O)CCNCC1.NN.O=C1c2ccccc2C(=O)N1CCCBr. The standard InChI is InChI=1S/C17H23N2O4P.C11H10BrNO2.C9H21N2O2P.C6H14NO2P.H4N2/c1-2-23-24(22)12-10-18(11-13-24)8-5-9-19-16(20)14-6-3-4-7-15(14)17(19)21;12-6-3-7-13-10(14)8-4-1-2-5-9(8)11(13)15;1-2-13-14(12)8-6-11(7-9-14)5-3-4-10;1-2-9-10(8)5-3-7-4-6-10;1-2/h3-4,6-7H,2,5,8-13H2,1H3;1-2,4-5H,3,6-7H2;2-10H2,1H3;7H,2-6H2,1H3;1-2H2. The Bertz CT molecular complexity index is 1870. The lowest BCUT2D eigenvalue weighted by atomic mass is 10.1. The number of imide groups is 2. The summed E-state index contributed by atoms with van der Waals surface area (Å²) in [5, 5.41) is 3.94. The van der Waals surface area contributed by atoms with Crippen LogP contribution in [-0.4, -0.2) is 177 Å². The van der Waals surface area contributed by atoms with Gasteiger partial charge in [-0.05, 0) is 83.9 Å². The van der Waals surface area contributed by atoms with E-state index in [0.717, 1.165) is 83.5 Å². The molecule has 65 heavy (non-hydrogen) atoms. The number of halogens is 1. The van der Waals surface area contributed by atoms with E-state index < -0.39 is 22.1 Å². The predicted molar refractivity (Wildman–Crippen MR) is 261 cm³/mol. The third-order valence-corrected chi connectivity index (χ3v) is 19.3. The maximum Gasteiger partial charge on any atom is 0.261 e. The van der Waals surface area contributed by atoms with Crippen molar-refractivity contribution < 1.29 is 46.4 Å². The van der Waals surface area contributed by atoms with Gasteiger partial charge < -0.3 is 34.4 Å². The molecule has 18 nitrogen and oxygen atoms in total. The molecule has 7 rings (SSSR count). The highest BCUT2D eigenvalue weighted by Gasteiger charge is 2.36. The molecule has 0 bridgehead atoms. The van der Waals surface area contributed by atoms with Crippen molar-refractivity contribution in [2.75, 3.05) is 134 Å². The van der Waals surface area contributed by atoms with Gasteiger partial charge in [0.2, 0.25) is 22.1 Å². The number of alkyl halides is 1. The quantitative estimate of drug-likeness (QED) is 0.0564. The minimum atomic E-state index is -2.42. The van der Waals surface area contributed by atoms with Crippen molar-refractivity contribution in [3.05, 3.63) is 70.8 Å². The van der Waals surface area contributed by atoms with Gasteiger partial charge >= 0.3 is 0 Å². The van der Waals surface area contributed by atoms with Crippen molar-refractivity contribution in [2.24, 2.45) is 17.4 Å². The summed E-state index contributed by atoms with van der Waals surface area (Å²) in [6.07, 6.45) is 6.56. The largest absolute Gasteiger partial charge is 0.330 e. The van der Waals surface area contributed by atoms with Crippen LogP contribution in [0.4, 0.5) is 0 Å². The number of hydrazine groups is 1. The molecule has 5 aliphatic heterocycles. The number of hydrogen-bond acceptors (Lipinski definition) is 16. The summed E-state index contributed by atoms with van der Waals surface area (Å²) in [7, 11) is -6.86. The van der Waals surface area contributed by atoms with Gasteiger partial charge in [-0.3, -0.25) is 54.4 Å². The maximum absolute atomic E-state index is 12.3. The van der Waals surface area contributed by atoms with Crippen LogP contribution in [0.15, 0.2) is 48.5 Å². The number of hydrogen-bond donors (Lipinski definition) is 4. The van der Waals surface area contributed by atoms with E-state index in [1.807, 2.05) is 20.8 Å². The van der Waals surface area contributed by atoms with E-state index in [0.29, 0.717) is 92.1 Å². The number of fused-ring (bicyclic) bond motifs is 2. The topological polar surface area (TPSA) is 250 Å². The third kappa shape index (κ3) is 17.5. The van der Waals surface area contributed by atoms with Gasteiger partial charge in [0.25, 0.3) is 23.6 Å². The molecule has 0 saturated carbocycles. The monoisotopic (exact) mass is 1030 g/mol. The number of nitrogens with two attached hydrogens (primary N) is 3. The van der Waals surface area contributed by atoms with E-state index in [9.17, 15) is 32.9 Å². The second-order valence-corrected chi connectivity index (χ2v) is 24.8. The van der Waals surface area contributed by atoms with Gasteiger partial charge in [0.15, 0.2) is 0 Å². The fourth-order valence-electron chi connectivity index (χ4n) is 7.77. The number of benzene rings is 2. The van der Waals surface area contributed by atoms with E-state index in [4.69, 9.17) is 19.3 Å². The molecule has 0 aliphatic carbocycles. The lowest BCUT2D eigenvalue weighted by molar-refractivity contribution is 0.0635. The molecule has 0 aromatic heterocycles. The lowest BCUT2D eigenvalue weighted by Crippen LogP contribution is -2.38. The summed E-state index contributed by atoms with van der Waals surface area (Å²) in [5.41, 5.74) is 7.49. The number of rotatable bonds is 16. The van der Waals surface area contributed by atoms with Gasteiger partial charge in [0.1, 0.15) is 0 Å². The summed E-state index contributed by atoms with van der Waals surface area (Å²) >= 11 is 3.28. The molecule has 3 fully saturated rings. The second kappa shape index (κ2) is 29.4. The van der Waals surface area contributed by atoms with Gasteiger partial charge in [0.05, 0.1) is 42.1 Å². The molecular weight excluding hydrogens is 961 g/mol. The van der Waals surface area contributed by atoms with Crippen molar-refractivity contribution in [3.8, 4) is 0 Å². The van der Waals surface area contributed by atoms with E-state index in [2.05, 4.69) is 42.7 Å². The zero-order chi connectivity index (χ0) is 47.9. The van der Waals surface area contributed by atoms with Gasteiger partial charge in [-0.1, -0.05) is 40.2 Å². The van der Waals surface area contributed by atoms with Crippen LogP contribution in [0.2, 0.25) is 0 Å². The van der Waals surface area contributed by atoms with Crippen LogP contribution >= 0.6 is 38.0 Å². The zero-order valence-corrected chi connectivity index (χ0v) is 42.7. The molecule has 0 atom stereocenters. The van der Waals surface area contributed by atoms with Gasteiger partial charge in [-0.15, -0.1) is 0 Å². The Labute approximate surface area is 393 Å². The molecule has 5 aliphatic rings. The minimum absolute atomic E-state index is 0.170. The first kappa shape index (κ1) is 56.9. The molecule has 0 radical (unpaired) electrons. The van der Waals surface area contributed by atoms with E-state index in [1.54, 1.807) is 48.5 Å². The van der Waals surface area contributed by atoms with Gasteiger partial charge in [0, 0.05) is 94.7 Å². The highest BCUT2D eigenvalue weighted by molar-refractivity contribution is 9.09. The summed E-state index contributed by atoms with van der Waals surface area (Å²) in [4.78, 5) is 55.4. The predicted octanol–water partition coefficient (Wildman–Crippen LogP) is 5.06. The van der Waals surface area contributed by atoms with Crippen LogP contribution in [-0.2, 0) is 27.3 Å². The fraction of sp³-hybridized carbons (Fsp3) is 0.628. The molecule has 4 amide bonds. The van der Waals surface area contributed by atoms with E-state index in [1.165, 1.54) is 9.80 Å². The van der Waals surface area contributed by atoms with Crippen molar-refractivity contribution in [1.82, 2.24) is 24.9 Å². The Morgan fingerprint density at radius 3 is 1.18 bits per heavy atom. The van der Waals surface area contributed by atoms with Crippen LogP contribution in [0, 0.1) is 0 Å². The number of carbonyl (C=O) groups excluding carboxylic acids is 4. The third-order valence-electron chi connectivity index (χ3n) is 11.2. The Hall–Kier alpha value is -2.47. The minimum Gasteiger partial charge on any atom is -0.330 e. The van der Waals surface area contributed by atoms with Crippen LogP contribution in [0.3, 0.4) is 0 Å². The summed E-state index contributed by atoms with van der Waals surface area (Å²) < 4.78 is 51.8. The molecule has 0 unspecified atom stereocenters. The first-order chi connectivity index (χ1) is 31.3. The van der Waals surface area contributed by atoms with Crippen molar-refractivity contribution in [3.63, 3.8) is 0 Å². The Morgan fingerprint density at radius 2 is 0.862 bits per heavy atom. The summed E-state index contributed by atoms with van der Waals surface area (Å²) in [6.45, 7) is 15.8. The van der Waals surface area contributed by atoms with Crippen molar-refractivity contribution in [2.45, 2.75) is 40.0 Å². The Kier molecular flexibility index (Phi) is 25.7. The number of nitrogens with one attached hydrogen (secondary N) is 1. The van der Waals surface area contributed by atoms with Gasteiger partial charge in [-0.25, -0.2) is 0 Å². The molecular formula is C43H72BrN8O10P3. The average molecular weight is 1030 g/mol. The van der Waals surface area contributed by atoms with Crippen LogP contribution < -0.4 is 22.7 Å². The Balaban J connectivity index is 0.000000239. The smallest absolute Gasteiger partial charge is 0.261 e. The second-order valence-electron chi connectivity index (χ2n) is 15.6. The average Bonchev–Trinajstić information content (AvgIpc) is 3.70. The molecule has 7 N–H and O–H groups in total. The normalized spacial score (nSPS) is 19.6. The number of amides is 4. The molecule has 2 aromatic carbocycles. The van der Waals surface area contributed by atoms with Crippen LogP contribution in [0.5, 0.6) is 0 Å². The molecule has 3 saturated heterocycles. The summed E-state index contributed by atoms with van der Waals surface area (Å²) in [5.74, 6) is 7.26.